The highest BCUT2D eigenvalue weighted by Crippen LogP contribution is 2.09. The van der Waals surface area contributed by atoms with Gasteiger partial charge in [0.1, 0.15) is 6.23 Å². The van der Waals surface area contributed by atoms with Gasteiger partial charge in [-0.15, -0.1) is 0 Å². The van der Waals surface area contributed by atoms with E-state index in [4.69, 9.17) is 5.73 Å². The van der Waals surface area contributed by atoms with E-state index < -0.39 is 6.23 Å². The second-order valence-corrected chi connectivity index (χ2v) is 3.15. The van der Waals surface area contributed by atoms with Crippen LogP contribution in [0, 0.1) is 0 Å². The summed E-state index contributed by atoms with van der Waals surface area (Å²) in [5.74, 6) is -0.0970. The second-order valence-electron chi connectivity index (χ2n) is 3.15. The largest absolute Gasteiger partial charge is 0.370 e. The molecule has 1 rings (SSSR count). The zero-order valence-corrected chi connectivity index (χ0v) is 7.65. The first kappa shape index (κ1) is 10.2. The van der Waals surface area contributed by atoms with Gasteiger partial charge in [0, 0.05) is 12.6 Å². The third kappa shape index (κ3) is 2.82. The van der Waals surface area contributed by atoms with Crippen LogP contribution in [0.4, 0.5) is 0 Å². The Morgan fingerprint density at radius 1 is 1.46 bits per heavy atom. The highest BCUT2D eigenvalue weighted by atomic mass is 16.3. The molecule has 0 aromatic rings. The van der Waals surface area contributed by atoms with Crippen LogP contribution in [0.5, 0.6) is 0 Å². The number of carbonyl (C=O) groups is 1. The number of hydrogen-bond acceptors (Lipinski definition) is 3. The zero-order chi connectivity index (χ0) is 9.68. The fraction of sp³-hybridized carbons (Fsp3) is 0.667. The van der Waals surface area contributed by atoms with Crippen molar-refractivity contribution in [1.82, 2.24) is 4.90 Å². The lowest BCUT2D eigenvalue weighted by Gasteiger charge is -2.19. The van der Waals surface area contributed by atoms with Gasteiger partial charge in [-0.1, -0.05) is 6.42 Å². The lowest BCUT2D eigenvalue weighted by Crippen LogP contribution is -2.34. The number of amides is 1. The minimum atomic E-state index is -0.717. The monoisotopic (exact) mass is 184 g/mol. The predicted molar refractivity (Wildman–Crippen MR) is 49.8 cm³/mol. The topological polar surface area (TPSA) is 66.6 Å². The van der Waals surface area contributed by atoms with Gasteiger partial charge in [0.2, 0.25) is 5.91 Å². The van der Waals surface area contributed by atoms with Crippen LogP contribution in [0.2, 0.25) is 0 Å². The summed E-state index contributed by atoms with van der Waals surface area (Å²) < 4.78 is 0. The molecule has 4 heteroatoms. The van der Waals surface area contributed by atoms with E-state index in [0.29, 0.717) is 13.1 Å². The molecular weight excluding hydrogens is 168 g/mol. The smallest absolute Gasteiger partial charge is 0.248 e. The minimum absolute atomic E-state index is 0.0970. The van der Waals surface area contributed by atoms with Crippen molar-refractivity contribution in [2.45, 2.75) is 25.5 Å². The molecule has 1 aliphatic heterocycles. The number of rotatable bonds is 5. The first-order chi connectivity index (χ1) is 6.25. The van der Waals surface area contributed by atoms with Crippen LogP contribution in [0.15, 0.2) is 12.2 Å². The Morgan fingerprint density at radius 3 is 2.77 bits per heavy atom. The number of hydrogen-bond donors (Lipinski definition) is 2. The van der Waals surface area contributed by atoms with Crippen LogP contribution in [0.3, 0.4) is 0 Å². The molecular formula is C9H16N2O2. The lowest BCUT2D eigenvalue weighted by molar-refractivity contribution is -0.130. The average Bonchev–Trinajstić information content (AvgIpc) is 2.42. The highest BCUT2D eigenvalue weighted by molar-refractivity contribution is 5.90. The SMILES string of the molecule is NCCCCCN1C(=O)C=CC1O. The minimum Gasteiger partial charge on any atom is -0.370 e. The summed E-state index contributed by atoms with van der Waals surface area (Å²) in [6.07, 6.45) is 5.09. The van der Waals surface area contributed by atoms with Gasteiger partial charge in [0.25, 0.3) is 0 Å². The Labute approximate surface area is 78.0 Å². The van der Waals surface area contributed by atoms with Crippen molar-refractivity contribution in [1.29, 1.82) is 0 Å². The summed E-state index contributed by atoms with van der Waals surface area (Å²) in [7, 11) is 0. The van der Waals surface area contributed by atoms with Gasteiger partial charge in [-0.25, -0.2) is 0 Å². The molecule has 0 radical (unpaired) electrons. The molecule has 13 heavy (non-hydrogen) atoms. The Hall–Kier alpha value is -0.870. The van der Waals surface area contributed by atoms with Crippen molar-refractivity contribution >= 4 is 5.91 Å². The molecule has 0 aromatic heterocycles. The summed E-state index contributed by atoms with van der Waals surface area (Å²) in [4.78, 5) is 12.6. The van der Waals surface area contributed by atoms with Gasteiger partial charge < -0.3 is 15.7 Å². The van der Waals surface area contributed by atoms with E-state index in [9.17, 15) is 9.90 Å². The van der Waals surface area contributed by atoms with E-state index in [2.05, 4.69) is 0 Å². The molecule has 0 aliphatic carbocycles. The molecule has 0 fully saturated rings. The van der Waals surface area contributed by atoms with Crippen LogP contribution in [-0.4, -0.2) is 35.2 Å². The average molecular weight is 184 g/mol. The standard InChI is InChI=1S/C9H16N2O2/c10-6-2-1-3-7-11-8(12)4-5-9(11)13/h4-5,8,12H,1-3,6-7,10H2. The summed E-state index contributed by atoms with van der Waals surface area (Å²) in [6, 6.07) is 0. The van der Waals surface area contributed by atoms with E-state index in [1.165, 1.54) is 17.1 Å². The van der Waals surface area contributed by atoms with Gasteiger partial charge in [0.15, 0.2) is 0 Å². The van der Waals surface area contributed by atoms with Crippen LogP contribution in [0.1, 0.15) is 19.3 Å². The zero-order valence-electron chi connectivity index (χ0n) is 7.65. The van der Waals surface area contributed by atoms with Gasteiger partial charge in [-0.3, -0.25) is 4.79 Å². The van der Waals surface area contributed by atoms with Gasteiger partial charge in [-0.05, 0) is 25.5 Å². The normalized spacial score (nSPS) is 21.5. The van der Waals surface area contributed by atoms with Crippen molar-refractivity contribution in [3.8, 4) is 0 Å². The number of nitrogens with zero attached hydrogens (tertiary/aromatic N) is 1. The van der Waals surface area contributed by atoms with E-state index in [-0.39, 0.29) is 5.91 Å². The first-order valence-electron chi connectivity index (χ1n) is 4.62. The maximum atomic E-state index is 11.1. The fourth-order valence-electron chi connectivity index (χ4n) is 1.34. The van der Waals surface area contributed by atoms with Crippen LogP contribution in [-0.2, 0) is 4.79 Å². The maximum absolute atomic E-state index is 11.1. The summed E-state index contributed by atoms with van der Waals surface area (Å²) in [6.45, 7) is 1.31. The van der Waals surface area contributed by atoms with Crippen molar-refractivity contribution in [3.05, 3.63) is 12.2 Å². The third-order valence-electron chi connectivity index (χ3n) is 2.12. The molecule has 0 aromatic carbocycles. The lowest BCUT2D eigenvalue weighted by atomic mass is 10.2. The molecule has 1 amide bonds. The summed E-state index contributed by atoms with van der Waals surface area (Å²) in [5.41, 5.74) is 5.34. The van der Waals surface area contributed by atoms with E-state index >= 15 is 0 Å². The first-order valence-corrected chi connectivity index (χ1v) is 4.62. The number of nitrogens with two attached hydrogens (primary N) is 1. The molecule has 3 N–H and O–H groups in total. The van der Waals surface area contributed by atoms with Gasteiger partial charge in [0.05, 0.1) is 0 Å². The predicted octanol–water partition coefficient (Wildman–Crippen LogP) is -0.168. The Balaban J connectivity index is 2.18. The Morgan fingerprint density at radius 2 is 2.23 bits per heavy atom. The van der Waals surface area contributed by atoms with E-state index in [0.717, 1.165) is 19.3 Å². The Kier molecular flexibility index (Phi) is 3.92. The molecule has 74 valence electrons. The van der Waals surface area contributed by atoms with Crippen LogP contribution < -0.4 is 5.73 Å². The Bertz CT molecular complexity index is 204. The van der Waals surface area contributed by atoms with Gasteiger partial charge in [-0.2, -0.15) is 0 Å². The van der Waals surface area contributed by atoms with Crippen molar-refractivity contribution in [3.63, 3.8) is 0 Å². The number of carbonyl (C=O) groups excluding carboxylic acids is 1. The molecule has 1 aliphatic rings. The molecule has 0 saturated heterocycles. The van der Waals surface area contributed by atoms with Crippen LogP contribution in [0.25, 0.3) is 0 Å². The van der Waals surface area contributed by atoms with E-state index in [1.807, 2.05) is 0 Å². The molecule has 1 unspecified atom stereocenters. The number of aliphatic hydroxyl groups is 1. The summed E-state index contributed by atoms with van der Waals surface area (Å²) in [5, 5.41) is 9.31. The molecule has 0 saturated carbocycles. The third-order valence-corrected chi connectivity index (χ3v) is 2.12. The molecule has 1 heterocycles. The fourth-order valence-corrected chi connectivity index (χ4v) is 1.34. The van der Waals surface area contributed by atoms with E-state index in [1.54, 1.807) is 0 Å². The molecule has 0 spiro atoms. The quantitative estimate of drug-likeness (QED) is 0.583. The van der Waals surface area contributed by atoms with Crippen molar-refractivity contribution in [2.24, 2.45) is 5.73 Å². The van der Waals surface area contributed by atoms with Crippen molar-refractivity contribution < 1.29 is 9.90 Å². The van der Waals surface area contributed by atoms with Crippen molar-refractivity contribution in [2.75, 3.05) is 13.1 Å². The molecule has 1 atom stereocenters. The summed E-state index contributed by atoms with van der Waals surface area (Å²) >= 11 is 0. The van der Waals surface area contributed by atoms with Crippen LogP contribution >= 0.6 is 0 Å². The number of aliphatic hydroxyl groups excluding tert-OH is 1. The highest BCUT2D eigenvalue weighted by Gasteiger charge is 2.22. The van der Waals surface area contributed by atoms with Gasteiger partial charge >= 0.3 is 0 Å². The molecule has 0 bridgehead atoms. The molecule has 4 nitrogen and oxygen atoms in total. The second kappa shape index (κ2) is 4.99. The number of unbranched alkanes of at least 4 members (excludes halogenated alkanes) is 2. The maximum Gasteiger partial charge on any atom is 0.248 e.